The summed E-state index contributed by atoms with van der Waals surface area (Å²) in [4.78, 5) is 0. The average molecular weight is 199 g/mol. The lowest BCUT2D eigenvalue weighted by Crippen LogP contribution is -1.96. The number of hydrogen-bond acceptors (Lipinski definition) is 1. The molecule has 2 heteroatoms. The summed E-state index contributed by atoms with van der Waals surface area (Å²) < 4.78 is 0. The summed E-state index contributed by atoms with van der Waals surface area (Å²) in [5, 5.41) is 9.70. The summed E-state index contributed by atoms with van der Waals surface area (Å²) in [7, 11) is 0. The Morgan fingerprint density at radius 2 is 1.85 bits per heavy atom. The first kappa shape index (κ1) is 10.6. The molecule has 0 aliphatic rings. The Morgan fingerprint density at radius 3 is 2.46 bits per heavy atom. The molecule has 72 valence electrons. The summed E-state index contributed by atoms with van der Waals surface area (Å²) in [5.74, 6) is 0.682. The molecule has 1 aromatic carbocycles. The first-order valence-electron chi connectivity index (χ1n) is 4.63. The number of halogens is 1. The van der Waals surface area contributed by atoms with Crippen molar-refractivity contribution in [1.82, 2.24) is 0 Å². The molecule has 0 unspecified atom stereocenters. The third-order valence-corrected chi connectivity index (χ3v) is 2.31. The van der Waals surface area contributed by atoms with Gasteiger partial charge in [0, 0.05) is 5.88 Å². The Bertz CT molecular complexity index is 223. The highest BCUT2D eigenvalue weighted by molar-refractivity contribution is 6.17. The van der Waals surface area contributed by atoms with Gasteiger partial charge in [0.05, 0.1) is 6.10 Å². The Labute approximate surface area is 84.4 Å². The van der Waals surface area contributed by atoms with Crippen molar-refractivity contribution >= 4 is 11.6 Å². The van der Waals surface area contributed by atoms with Gasteiger partial charge in [-0.3, -0.25) is 0 Å². The van der Waals surface area contributed by atoms with Crippen LogP contribution in [0.3, 0.4) is 0 Å². The highest BCUT2D eigenvalue weighted by Gasteiger charge is 2.05. The lowest BCUT2D eigenvalue weighted by molar-refractivity contribution is 0.164. The molecule has 0 fully saturated rings. The minimum Gasteiger partial charge on any atom is -0.388 e. The van der Waals surface area contributed by atoms with E-state index in [4.69, 9.17) is 11.6 Å². The van der Waals surface area contributed by atoms with Crippen LogP contribution < -0.4 is 0 Å². The van der Waals surface area contributed by atoms with Crippen molar-refractivity contribution < 1.29 is 5.11 Å². The van der Waals surface area contributed by atoms with Crippen LogP contribution in [0.25, 0.3) is 0 Å². The molecule has 0 spiro atoms. The zero-order chi connectivity index (χ0) is 9.52. The van der Waals surface area contributed by atoms with Crippen LogP contribution in [0.1, 0.15) is 30.9 Å². The summed E-state index contributed by atoms with van der Waals surface area (Å²) in [6, 6.07) is 9.74. The van der Waals surface area contributed by atoms with Crippen LogP contribution in [0.2, 0.25) is 0 Å². The first-order chi connectivity index (χ1) is 6.34. The van der Waals surface area contributed by atoms with Gasteiger partial charge in [-0.25, -0.2) is 0 Å². The quantitative estimate of drug-likeness (QED) is 0.570. The maximum Gasteiger partial charge on any atom is 0.0790 e. The maximum atomic E-state index is 9.70. The molecule has 0 aliphatic heterocycles. The minimum atomic E-state index is -0.329. The molecule has 1 aromatic rings. The monoisotopic (exact) mass is 198 g/mol. The van der Waals surface area contributed by atoms with E-state index < -0.39 is 0 Å². The van der Waals surface area contributed by atoms with Gasteiger partial charge in [-0.05, 0) is 24.8 Å². The first-order valence-corrected chi connectivity index (χ1v) is 5.17. The van der Waals surface area contributed by atoms with Gasteiger partial charge < -0.3 is 5.11 Å². The van der Waals surface area contributed by atoms with Crippen LogP contribution in [0.4, 0.5) is 0 Å². The summed E-state index contributed by atoms with van der Waals surface area (Å²) in [5.41, 5.74) is 0.997. The second-order valence-corrected chi connectivity index (χ2v) is 3.49. The van der Waals surface area contributed by atoms with E-state index in [0.29, 0.717) is 5.88 Å². The van der Waals surface area contributed by atoms with E-state index in [0.717, 1.165) is 24.8 Å². The number of benzene rings is 1. The third kappa shape index (κ3) is 3.79. The molecular weight excluding hydrogens is 184 g/mol. The second kappa shape index (κ2) is 6.01. The summed E-state index contributed by atoms with van der Waals surface area (Å²) in [6.07, 6.45) is 2.44. The fraction of sp³-hybridized carbons (Fsp3) is 0.455. The Balaban J connectivity index is 2.35. The van der Waals surface area contributed by atoms with E-state index in [1.165, 1.54) is 0 Å². The van der Waals surface area contributed by atoms with Crippen molar-refractivity contribution in [2.24, 2.45) is 0 Å². The van der Waals surface area contributed by atoms with E-state index in [1.54, 1.807) is 0 Å². The standard InChI is InChI=1S/C11H15ClO/c12-9-5-4-8-11(13)10-6-2-1-3-7-10/h1-3,6-7,11,13H,4-5,8-9H2/t11-/m0/s1. The Kier molecular flexibility index (Phi) is 4.87. The summed E-state index contributed by atoms with van der Waals surface area (Å²) >= 11 is 5.55. The van der Waals surface area contributed by atoms with Crippen molar-refractivity contribution in [3.63, 3.8) is 0 Å². The number of aliphatic hydroxyl groups excluding tert-OH is 1. The van der Waals surface area contributed by atoms with Gasteiger partial charge in [0.2, 0.25) is 0 Å². The molecule has 0 aromatic heterocycles. The largest absolute Gasteiger partial charge is 0.388 e. The van der Waals surface area contributed by atoms with E-state index in [2.05, 4.69) is 0 Å². The van der Waals surface area contributed by atoms with Gasteiger partial charge in [-0.15, -0.1) is 11.6 Å². The van der Waals surface area contributed by atoms with E-state index >= 15 is 0 Å². The van der Waals surface area contributed by atoms with Crippen LogP contribution in [-0.4, -0.2) is 11.0 Å². The van der Waals surface area contributed by atoms with Crippen molar-refractivity contribution in [1.29, 1.82) is 0 Å². The molecule has 1 rings (SSSR count). The number of alkyl halides is 1. The Hall–Kier alpha value is -0.530. The molecule has 0 saturated carbocycles. The van der Waals surface area contributed by atoms with Gasteiger partial charge in [0.1, 0.15) is 0 Å². The normalized spacial score (nSPS) is 12.8. The number of rotatable bonds is 5. The SMILES string of the molecule is O[C@@H](CCCCCl)c1ccccc1. The van der Waals surface area contributed by atoms with Gasteiger partial charge in [-0.2, -0.15) is 0 Å². The summed E-state index contributed by atoms with van der Waals surface area (Å²) in [6.45, 7) is 0. The topological polar surface area (TPSA) is 20.2 Å². The van der Waals surface area contributed by atoms with Crippen molar-refractivity contribution in [3.05, 3.63) is 35.9 Å². The highest BCUT2D eigenvalue weighted by Crippen LogP contribution is 2.18. The number of hydrogen-bond donors (Lipinski definition) is 1. The van der Waals surface area contributed by atoms with E-state index in [1.807, 2.05) is 30.3 Å². The molecule has 1 N–H and O–H groups in total. The molecule has 0 amide bonds. The van der Waals surface area contributed by atoms with E-state index in [9.17, 15) is 5.11 Å². The van der Waals surface area contributed by atoms with Gasteiger partial charge in [0.25, 0.3) is 0 Å². The van der Waals surface area contributed by atoms with Crippen molar-refractivity contribution in [2.45, 2.75) is 25.4 Å². The number of aliphatic hydroxyl groups is 1. The van der Waals surface area contributed by atoms with Gasteiger partial charge in [-0.1, -0.05) is 30.3 Å². The predicted octanol–water partition coefficient (Wildman–Crippen LogP) is 3.13. The zero-order valence-electron chi connectivity index (χ0n) is 7.62. The molecule has 0 heterocycles. The molecule has 13 heavy (non-hydrogen) atoms. The van der Waals surface area contributed by atoms with Gasteiger partial charge >= 0.3 is 0 Å². The number of unbranched alkanes of at least 4 members (excludes halogenated alkanes) is 1. The third-order valence-electron chi connectivity index (χ3n) is 2.05. The predicted molar refractivity (Wildman–Crippen MR) is 56.0 cm³/mol. The smallest absolute Gasteiger partial charge is 0.0790 e. The molecular formula is C11H15ClO. The zero-order valence-corrected chi connectivity index (χ0v) is 8.37. The van der Waals surface area contributed by atoms with Crippen molar-refractivity contribution in [3.8, 4) is 0 Å². The van der Waals surface area contributed by atoms with Crippen LogP contribution >= 0.6 is 11.6 Å². The van der Waals surface area contributed by atoms with E-state index in [-0.39, 0.29) is 6.10 Å². The molecule has 0 radical (unpaired) electrons. The van der Waals surface area contributed by atoms with Crippen LogP contribution in [0, 0.1) is 0 Å². The average Bonchev–Trinajstić information content (AvgIpc) is 2.19. The van der Waals surface area contributed by atoms with Gasteiger partial charge in [0.15, 0.2) is 0 Å². The maximum absolute atomic E-state index is 9.70. The lowest BCUT2D eigenvalue weighted by atomic mass is 10.0. The van der Waals surface area contributed by atoms with Crippen molar-refractivity contribution in [2.75, 3.05) is 5.88 Å². The highest BCUT2D eigenvalue weighted by atomic mass is 35.5. The molecule has 1 atom stereocenters. The molecule has 0 saturated heterocycles. The molecule has 0 bridgehead atoms. The fourth-order valence-electron chi connectivity index (χ4n) is 1.27. The van der Waals surface area contributed by atoms with Crippen LogP contribution in [0.15, 0.2) is 30.3 Å². The fourth-order valence-corrected chi connectivity index (χ4v) is 1.46. The lowest BCUT2D eigenvalue weighted by Gasteiger charge is -2.09. The second-order valence-electron chi connectivity index (χ2n) is 3.11. The molecule has 1 nitrogen and oxygen atoms in total. The van der Waals surface area contributed by atoms with Crippen LogP contribution in [-0.2, 0) is 0 Å². The Morgan fingerprint density at radius 1 is 1.15 bits per heavy atom. The molecule has 0 aliphatic carbocycles. The van der Waals surface area contributed by atoms with Crippen LogP contribution in [0.5, 0.6) is 0 Å². The minimum absolute atomic E-state index is 0.329.